The second-order valence-corrected chi connectivity index (χ2v) is 4.81. The number of fused-ring (bicyclic) bond motifs is 1. The fraction of sp³-hybridized carbons (Fsp3) is 0.231. The van der Waals surface area contributed by atoms with Crippen LogP contribution in [0.3, 0.4) is 0 Å². The van der Waals surface area contributed by atoms with E-state index in [4.69, 9.17) is 11.6 Å². The number of hydrogen-bond acceptors (Lipinski definition) is 2. The van der Waals surface area contributed by atoms with Crippen molar-refractivity contribution in [1.82, 2.24) is 9.78 Å². The number of aryl methyl sites for hydroxylation is 1. The van der Waals surface area contributed by atoms with Gasteiger partial charge in [0.15, 0.2) is 0 Å². The minimum Gasteiger partial charge on any atom is -0.311 e. The first-order chi connectivity index (χ1) is 8.66. The van der Waals surface area contributed by atoms with Crippen molar-refractivity contribution < 1.29 is 4.79 Å². The lowest BCUT2D eigenvalue weighted by molar-refractivity contribution is -0.116. The van der Waals surface area contributed by atoms with Crippen LogP contribution in [0, 0.1) is 0 Å². The zero-order valence-corrected chi connectivity index (χ0v) is 10.6. The van der Waals surface area contributed by atoms with Gasteiger partial charge in [0.2, 0.25) is 5.91 Å². The quantitative estimate of drug-likeness (QED) is 0.858. The Labute approximate surface area is 110 Å². The van der Waals surface area contributed by atoms with Crippen molar-refractivity contribution >= 4 is 23.3 Å². The average Bonchev–Trinajstić information content (AvgIpc) is 2.71. The molecule has 5 heteroatoms. The highest BCUT2D eigenvalue weighted by molar-refractivity contribution is 6.31. The van der Waals surface area contributed by atoms with Crippen LogP contribution in [0.2, 0.25) is 5.02 Å². The number of anilines is 1. The van der Waals surface area contributed by atoms with Crippen LogP contribution in [0.1, 0.15) is 23.5 Å². The van der Waals surface area contributed by atoms with Gasteiger partial charge in [-0.25, -0.2) is 0 Å². The highest BCUT2D eigenvalue weighted by atomic mass is 35.5. The molecule has 1 amide bonds. The summed E-state index contributed by atoms with van der Waals surface area (Å²) in [5.74, 6) is 0.739. The molecular weight excluding hydrogens is 250 g/mol. The normalized spacial score (nSPS) is 18.3. The van der Waals surface area contributed by atoms with Crippen LogP contribution in [0.5, 0.6) is 0 Å². The maximum absolute atomic E-state index is 11.8. The smallest absolute Gasteiger partial charge is 0.226 e. The summed E-state index contributed by atoms with van der Waals surface area (Å²) >= 11 is 6.22. The Balaban J connectivity index is 2.14. The van der Waals surface area contributed by atoms with Crippen molar-refractivity contribution in [3.63, 3.8) is 0 Å². The van der Waals surface area contributed by atoms with Gasteiger partial charge in [-0.1, -0.05) is 29.8 Å². The van der Waals surface area contributed by atoms with Crippen LogP contribution in [0.25, 0.3) is 0 Å². The van der Waals surface area contributed by atoms with E-state index in [9.17, 15) is 4.79 Å². The molecule has 1 aliphatic rings. The van der Waals surface area contributed by atoms with Gasteiger partial charge in [0.25, 0.3) is 0 Å². The van der Waals surface area contributed by atoms with Gasteiger partial charge in [-0.2, -0.15) is 5.10 Å². The number of benzene rings is 1. The maximum atomic E-state index is 11.8. The third kappa shape index (κ3) is 1.69. The number of nitrogens with one attached hydrogen (secondary N) is 1. The van der Waals surface area contributed by atoms with Crippen LogP contribution in [-0.4, -0.2) is 15.7 Å². The summed E-state index contributed by atoms with van der Waals surface area (Å²) in [5, 5.41) is 7.73. The van der Waals surface area contributed by atoms with Crippen LogP contribution < -0.4 is 5.32 Å². The number of carbonyl (C=O) groups is 1. The van der Waals surface area contributed by atoms with Crippen molar-refractivity contribution in [2.24, 2.45) is 7.05 Å². The number of halogens is 1. The standard InChI is InChI=1S/C13H12ClN3O/c1-17-13-10(7-15-17)9(6-12(18)16-13)8-4-2-3-5-11(8)14/h2-5,7,9H,6H2,1H3,(H,16,18)/t9-/m0/s1. The molecule has 0 saturated heterocycles. The summed E-state index contributed by atoms with van der Waals surface area (Å²) < 4.78 is 1.68. The monoisotopic (exact) mass is 261 g/mol. The van der Waals surface area contributed by atoms with E-state index >= 15 is 0 Å². The molecule has 2 heterocycles. The molecule has 0 radical (unpaired) electrons. The SMILES string of the molecule is Cn1ncc2c1NC(=O)C[C@H]2c1ccccc1Cl. The molecule has 1 aromatic heterocycles. The molecule has 1 aromatic carbocycles. The second-order valence-electron chi connectivity index (χ2n) is 4.40. The molecule has 1 atom stereocenters. The highest BCUT2D eigenvalue weighted by Gasteiger charge is 2.30. The molecule has 1 N–H and O–H groups in total. The zero-order valence-electron chi connectivity index (χ0n) is 9.85. The Morgan fingerprint density at radius 3 is 2.94 bits per heavy atom. The van der Waals surface area contributed by atoms with Crippen molar-refractivity contribution in [3.8, 4) is 0 Å². The van der Waals surface area contributed by atoms with Crippen LogP contribution in [-0.2, 0) is 11.8 Å². The number of rotatable bonds is 1. The molecule has 4 nitrogen and oxygen atoms in total. The minimum atomic E-state index is -0.0175. The number of nitrogens with zero attached hydrogens (tertiary/aromatic N) is 2. The summed E-state index contributed by atoms with van der Waals surface area (Å²) in [6.45, 7) is 0. The zero-order chi connectivity index (χ0) is 12.7. The molecular formula is C13H12ClN3O. The lowest BCUT2D eigenvalue weighted by atomic mass is 9.87. The first kappa shape index (κ1) is 11.3. The first-order valence-corrected chi connectivity index (χ1v) is 6.11. The largest absolute Gasteiger partial charge is 0.311 e. The molecule has 2 aromatic rings. The van der Waals surface area contributed by atoms with Gasteiger partial charge >= 0.3 is 0 Å². The minimum absolute atomic E-state index is 0.00369. The van der Waals surface area contributed by atoms with E-state index in [0.717, 1.165) is 16.9 Å². The number of aromatic nitrogens is 2. The predicted octanol–water partition coefficient (Wildman–Crippen LogP) is 2.55. The van der Waals surface area contributed by atoms with Gasteiger partial charge in [0, 0.05) is 30.0 Å². The molecule has 0 aliphatic carbocycles. The number of carbonyl (C=O) groups excluding carboxylic acids is 1. The summed E-state index contributed by atoms with van der Waals surface area (Å²) in [6, 6.07) is 7.63. The van der Waals surface area contributed by atoms with Crippen molar-refractivity contribution in [3.05, 3.63) is 46.6 Å². The lowest BCUT2D eigenvalue weighted by Gasteiger charge is -2.23. The fourth-order valence-electron chi connectivity index (χ4n) is 2.38. The van der Waals surface area contributed by atoms with E-state index in [-0.39, 0.29) is 11.8 Å². The van der Waals surface area contributed by atoms with E-state index in [1.54, 1.807) is 10.9 Å². The summed E-state index contributed by atoms with van der Waals surface area (Å²) in [4.78, 5) is 11.8. The molecule has 0 fully saturated rings. The highest BCUT2D eigenvalue weighted by Crippen LogP contribution is 2.39. The number of amides is 1. The molecule has 3 rings (SSSR count). The second kappa shape index (κ2) is 4.14. The lowest BCUT2D eigenvalue weighted by Crippen LogP contribution is -2.24. The third-order valence-electron chi connectivity index (χ3n) is 3.27. The van der Waals surface area contributed by atoms with Crippen LogP contribution in [0.15, 0.2) is 30.5 Å². The molecule has 92 valence electrons. The maximum Gasteiger partial charge on any atom is 0.226 e. The molecule has 0 bridgehead atoms. The van der Waals surface area contributed by atoms with Gasteiger partial charge in [0.05, 0.1) is 6.20 Å². The van der Waals surface area contributed by atoms with E-state index < -0.39 is 0 Å². The van der Waals surface area contributed by atoms with Gasteiger partial charge < -0.3 is 5.32 Å². The average molecular weight is 262 g/mol. The predicted molar refractivity (Wildman–Crippen MR) is 69.7 cm³/mol. The van der Waals surface area contributed by atoms with E-state index in [1.165, 1.54) is 0 Å². The Morgan fingerprint density at radius 2 is 2.17 bits per heavy atom. The fourth-order valence-corrected chi connectivity index (χ4v) is 2.64. The summed E-state index contributed by atoms with van der Waals surface area (Å²) in [5.41, 5.74) is 1.99. The van der Waals surface area contributed by atoms with Crippen LogP contribution in [0.4, 0.5) is 5.82 Å². The molecule has 0 spiro atoms. The summed E-state index contributed by atoms with van der Waals surface area (Å²) in [6.07, 6.45) is 2.20. The Hall–Kier alpha value is -1.81. The Bertz CT molecular complexity index is 620. The molecule has 18 heavy (non-hydrogen) atoms. The van der Waals surface area contributed by atoms with Crippen LogP contribution >= 0.6 is 11.6 Å². The van der Waals surface area contributed by atoms with Crippen molar-refractivity contribution in [1.29, 1.82) is 0 Å². The van der Waals surface area contributed by atoms with E-state index in [1.807, 2.05) is 31.3 Å². The van der Waals surface area contributed by atoms with Crippen molar-refractivity contribution in [2.45, 2.75) is 12.3 Å². The topological polar surface area (TPSA) is 46.9 Å². The summed E-state index contributed by atoms with van der Waals surface area (Å²) in [7, 11) is 1.81. The van der Waals surface area contributed by atoms with Crippen molar-refractivity contribution in [2.75, 3.05) is 5.32 Å². The van der Waals surface area contributed by atoms with E-state index in [0.29, 0.717) is 11.4 Å². The van der Waals surface area contributed by atoms with E-state index in [2.05, 4.69) is 10.4 Å². The third-order valence-corrected chi connectivity index (χ3v) is 3.61. The van der Waals surface area contributed by atoms with Gasteiger partial charge in [0.1, 0.15) is 5.82 Å². The van der Waals surface area contributed by atoms with Gasteiger partial charge in [-0.05, 0) is 11.6 Å². The van der Waals surface area contributed by atoms with Gasteiger partial charge in [-0.3, -0.25) is 9.48 Å². The molecule has 1 aliphatic heterocycles. The first-order valence-electron chi connectivity index (χ1n) is 5.73. The Morgan fingerprint density at radius 1 is 1.39 bits per heavy atom. The molecule has 0 unspecified atom stereocenters. The Kier molecular flexibility index (Phi) is 2.59. The molecule has 0 saturated carbocycles. The number of hydrogen-bond donors (Lipinski definition) is 1. The van der Waals surface area contributed by atoms with Gasteiger partial charge in [-0.15, -0.1) is 0 Å².